The number of nitrogens with zero attached hydrogens (tertiary/aromatic N) is 1. The van der Waals surface area contributed by atoms with E-state index in [0.717, 1.165) is 42.2 Å². The van der Waals surface area contributed by atoms with Gasteiger partial charge >= 0.3 is 0 Å². The minimum absolute atomic E-state index is 0.0318. The van der Waals surface area contributed by atoms with E-state index in [-0.39, 0.29) is 24.5 Å². The Morgan fingerprint density at radius 2 is 1.92 bits per heavy atom. The molecule has 0 unspecified atom stereocenters. The Balaban J connectivity index is 1.30. The van der Waals surface area contributed by atoms with E-state index in [1.54, 1.807) is 0 Å². The topological polar surface area (TPSA) is 49.4 Å². The maximum Gasteiger partial charge on any atom is 0.220 e. The van der Waals surface area contributed by atoms with E-state index in [1.807, 2.05) is 19.1 Å². The lowest BCUT2D eigenvalue weighted by Gasteiger charge is -2.28. The predicted molar refractivity (Wildman–Crippen MR) is 106 cm³/mol. The van der Waals surface area contributed by atoms with Crippen LogP contribution in [0.2, 0.25) is 0 Å². The van der Waals surface area contributed by atoms with Crippen LogP contribution in [0.4, 0.5) is 0 Å². The van der Waals surface area contributed by atoms with Crippen LogP contribution >= 0.6 is 11.3 Å². The number of Topliss-reactive ketones (excluding diaryl/α,β-unsaturated/α-hetero) is 1. The molecule has 0 atom stereocenters. The highest BCUT2D eigenvalue weighted by Crippen LogP contribution is 2.19. The lowest BCUT2D eigenvalue weighted by atomic mass is 10.00. The number of fused-ring (bicyclic) bond motifs is 1. The van der Waals surface area contributed by atoms with Gasteiger partial charge in [-0.25, -0.2) is 0 Å². The van der Waals surface area contributed by atoms with Crippen molar-refractivity contribution in [2.75, 3.05) is 19.6 Å². The average Bonchev–Trinajstić information content (AvgIpc) is 3.09. The van der Waals surface area contributed by atoms with Gasteiger partial charge in [0.1, 0.15) is 0 Å². The molecule has 1 N–H and O–H groups in total. The molecule has 4 nitrogen and oxygen atoms in total. The number of rotatable bonds is 8. The third-order valence-corrected chi connectivity index (χ3v) is 5.82. The molecule has 5 heteroatoms. The van der Waals surface area contributed by atoms with E-state index in [4.69, 9.17) is 0 Å². The molecular formula is C21H26N2O2S. The van der Waals surface area contributed by atoms with Crippen LogP contribution in [0.25, 0.3) is 0 Å². The van der Waals surface area contributed by atoms with E-state index in [9.17, 15) is 9.59 Å². The number of aryl methyl sites for hydroxylation is 1. The van der Waals surface area contributed by atoms with Crippen LogP contribution in [-0.4, -0.2) is 36.2 Å². The second-order valence-electron chi connectivity index (χ2n) is 6.83. The van der Waals surface area contributed by atoms with E-state index >= 15 is 0 Å². The van der Waals surface area contributed by atoms with Gasteiger partial charge in [0.15, 0.2) is 5.78 Å². The monoisotopic (exact) mass is 370 g/mol. The summed E-state index contributed by atoms with van der Waals surface area (Å²) in [5.41, 5.74) is 2.88. The maximum absolute atomic E-state index is 12.0. The van der Waals surface area contributed by atoms with Gasteiger partial charge in [-0.05, 0) is 43.0 Å². The number of hydrogen-bond donors (Lipinski definition) is 1. The zero-order valence-electron chi connectivity index (χ0n) is 15.3. The molecule has 2 heterocycles. The summed E-state index contributed by atoms with van der Waals surface area (Å²) in [7, 11) is 0. The lowest BCUT2D eigenvalue weighted by Crippen LogP contribution is -2.33. The second-order valence-corrected chi connectivity index (χ2v) is 8.12. The Kier molecular flexibility index (Phi) is 6.58. The summed E-state index contributed by atoms with van der Waals surface area (Å²) in [5.74, 6) is 0.0286. The normalized spacial score (nSPS) is 14.0. The Morgan fingerprint density at radius 3 is 2.69 bits per heavy atom. The van der Waals surface area contributed by atoms with Crippen LogP contribution in [0, 0.1) is 6.92 Å². The highest BCUT2D eigenvalue weighted by molar-refractivity contribution is 7.14. The summed E-state index contributed by atoms with van der Waals surface area (Å²) in [6.07, 6.45) is 2.60. The van der Waals surface area contributed by atoms with E-state index in [0.29, 0.717) is 6.54 Å². The number of thiophene rings is 1. The fourth-order valence-corrected chi connectivity index (χ4v) is 4.13. The first kappa shape index (κ1) is 18.8. The zero-order valence-corrected chi connectivity index (χ0v) is 16.1. The number of hydrogen-bond acceptors (Lipinski definition) is 4. The Bertz CT molecular complexity index is 769. The first-order valence-corrected chi connectivity index (χ1v) is 10.1. The number of carbonyl (C=O) groups excluding carboxylic acids is 2. The highest BCUT2D eigenvalue weighted by atomic mass is 32.1. The molecule has 0 radical (unpaired) electrons. The van der Waals surface area contributed by atoms with Crippen molar-refractivity contribution in [3.05, 3.63) is 57.3 Å². The second kappa shape index (κ2) is 9.10. The van der Waals surface area contributed by atoms with Crippen molar-refractivity contribution < 1.29 is 9.59 Å². The molecule has 0 fully saturated rings. The molecule has 1 aliphatic heterocycles. The zero-order chi connectivity index (χ0) is 18.4. The summed E-state index contributed by atoms with van der Waals surface area (Å²) in [4.78, 5) is 28.3. The molecular weight excluding hydrogens is 344 g/mol. The molecule has 1 aliphatic rings. The van der Waals surface area contributed by atoms with Crippen molar-refractivity contribution >= 4 is 23.0 Å². The van der Waals surface area contributed by atoms with Crippen molar-refractivity contribution in [2.24, 2.45) is 0 Å². The molecule has 2 aromatic rings. The highest BCUT2D eigenvalue weighted by Gasteiger charge is 2.15. The van der Waals surface area contributed by atoms with Gasteiger partial charge < -0.3 is 5.32 Å². The minimum Gasteiger partial charge on any atom is -0.356 e. The van der Waals surface area contributed by atoms with Crippen LogP contribution in [0.3, 0.4) is 0 Å². The third-order valence-electron chi connectivity index (χ3n) is 4.78. The summed E-state index contributed by atoms with van der Waals surface area (Å²) >= 11 is 1.49. The largest absolute Gasteiger partial charge is 0.356 e. The van der Waals surface area contributed by atoms with E-state index in [2.05, 4.69) is 34.5 Å². The van der Waals surface area contributed by atoms with Crippen molar-refractivity contribution in [2.45, 2.75) is 39.2 Å². The smallest absolute Gasteiger partial charge is 0.220 e. The van der Waals surface area contributed by atoms with Gasteiger partial charge in [-0.1, -0.05) is 24.3 Å². The van der Waals surface area contributed by atoms with Gasteiger partial charge in [-0.2, -0.15) is 0 Å². The summed E-state index contributed by atoms with van der Waals surface area (Å²) in [6.45, 7) is 5.72. The fraction of sp³-hybridized carbons (Fsp3) is 0.429. The van der Waals surface area contributed by atoms with Gasteiger partial charge in [0.25, 0.3) is 0 Å². The van der Waals surface area contributed by atoms with Crippen molar-refractivity contribution in [1.29, 1.82) is 0 Å². The van der Waals surface area contributed by atoms with Gasteiger partial charge in [-0.3, -0.25) is 14.5 Å². The number of benzene rings is 1. The molecule has 0 bridgehead atoms. The molecule has 3 rings (SSSR count). The number of carbonyl (C=O) groups is 2. The Morgan fingerprint density at radius 1 is 1.12 bits per heavy atom. The van der Waals surface area contributed by atoms with Crippen molar-refractivity contribution in [3.8, 4) is 0 Å². The molecule has 0 saturated carbocycles. The first-order chi connectivity index (χ1) is 12.6. The molecule has 1 amide bonds. The minimum atomic E-state index is -0.0318. The number of amides is 1. The maximum atomic E-state index is 12.0. The fourth-order valence-electron chi connectivity index (χ4n) is 3.30. The van der Waals surface area contributed by atoms with E-state index < -0.39 is 0 Å². The lowest BCUT2D eigenvalue weighted by molar-refractivity contribution is -0.121. The first-order valence-electron chi connectivity index (χ1n) is 9.27. The third kappa shape index (κ3) is 5.26. The molecule has 26 heavy (non-hydrogen) atoms. The van der Waals surface area contributed by atoms with Crippen LogP contribution in [0.1, 0.15) is 44.9 Å². The standard InChI is InChI=1S/C21H26N2O2S/c1-16-7-9-20(26-16)19(24)8-10-21(25)22-12-4-13-23-14-11-17-5-2-3-6-18(17)15-23/h2-3,5-7,9H,4,8,10-15H2,1H3,(H,22,25). The quantitative estimate of drug-likeness (QED) is 0.571. The SMILES string of the molecule is Cc1ccc(C(=O)CCC(=O)NCCCN2CCc3ccccc3C2)s1. The summed E-state index contributed by atoms with van der Waals surface area (Å²) < 4.78 is 0. The van der Waals surface area contributed by atoms with Gasteiger partial charge in [0.05, 0.1) is 4.88 Å². The molecule has 0 aliphatic carbocycles. The molecule has 1 aromatic carbocycles. The van der Waals surface area contributed by atoms with Crippen LogP contribution in [0.15, 0.2) is 36.4 Å². The molecule has 1 aromatic heterocycles. The molecule has 0 saturated heterocycles. The summed E-state index contributed by atoms with van der Waals surface area (Å²) in [5, 5.41) is 2.94. The van der Waals surface area contributed by atoms with Gasteiger partial charge in [0, 0.05) is 43.9 Å². The van der Waals surface area contributed by atoms with Crippen LogP contribution < -0.4 is 5.32 Å². The van der Waals surface area contributed by atoms with Crippen LogP contribution in [-0.2, 0) is 17.8 Å². The van der Waals surface area contributed by atoms with Gasteiger partial charge in [-0.15, -0.1) is 11.3 Å². The number of nitrogens with one attached hydrogen (secondary N) is 1. The average molecular weight is 371 g/mol. The van der Waals surface area contributed by atoms with Crippen molar-refractivity contribution in [3.63, 3.8) is 0 Å². The Labute approximate surface area is 159 Å². The predicted octanol–water partition coefficient (Wildman–Crippen LogP) is 3.58. The van der Waals surface area contributed by atoms with E-state index in [1.165, 1.54) is 22.5 Å². The molecule has 0 spiro atoms. The van der Waals surface area contributed by atoms with Gasteiger partial charge in [0.2, 0.25) is 5.91 Å². The summed E-state index contributed by atoms with van der Waals surface area (Å²) in [6, 6.07) is 12.4. The molecule has 138 valence electrons. The number of ketones is 1. The van der Waals surface area contributed by atoms with Crippen LogP contribution in [0.5, 0.6) is 0 Å². The van der Waals surface area contributed by atoms with Crippen molar-refractivity contribution in [1.82, 2.24) is 10.2 Å². The Hall–Kier alpha value is -1.98.